The van der Waals surface area contributed by atoms with Gasteiger partial charge in [-0.2, -0.15) is 4.37 Å². The molecule has 2 rings (SSSR count). The molecule has 0 amide bonds. The van der Waals surface area contributed by atoms with E-state index in [1.165, 1.54) is 16.4 Å². The van der Waals surface area contributed by atoms with Crippen LogP contribution in [0, 0.1) is 0 Å². The van der Waals surface area contributed by atoms with Gasteiger partial charge in [-0.05, 0) is 46.5 Å². The van der Waals surface area contributed by atoms with Gasteiger partial charge in [0.1, 0.15) is 6.33 Å². The Bertz CT molecular complexity index is 441. The Balaban J connectivity index is 2.18. The highest BCUT2D eigenvalue weighted by Crippen LogP contribution is 2.41. The quantitative estimate of drug-likeness (QED) is 0.868. The second kappa shape index (κ2) is 5.59. The maximum Gasteiger partial charge on any atom is 0.170 e. The SMILES string of the molecule is CC(N)C(Sc1ncns1)c1ccc(Br)s1. The fourth-order valence-electron chi connectivity index (χ4n) is 1.23. The standard InChI is InChI=1S/C9H10BrN3S3/c1-5(11)8(6-2-3-7(10)14-6)15-9-12-4-13-16-9/h2-5,8H,11H2,1H3. The number of halogens is 1. The van der Waals surface area contributed by atoms with E-state index < -0.39 is 0 Å². The Hall–Kier alpha value is 0.0500. The highest BCUT2D eigenvalue weighted by Gasteiger charge is 2.20. The molecule has 16 heavy (non-hydrogen) atoms. The molecular weight excluding hydrogens is 326 g/mol. The van der Waals surface area contributed by atoms with Gasteiger partial charge in [-0.3, -0.25) is 0 Å². The third-order valence-electron chi connectivity index (χ3n) is 1.92. The van der Waals surface area contributed by atoms with E-state index in [1.807, 2.05) is 6.92 Å². The monoisotopic (exact) mass is 335 g/mol. The molecule has 2 atom stereocenters. The van der Waals surface area contributed by atoms with E-state index in [9.17, 15) is 0 Å². The highest BCUT2D eigenvalue weighted by molar-refractivity contribution is 9.11. The van der Waals surface area contributed by atoms with Gasteiger partial charge in [0.25, 0.3) is 0 Å². The Morgan fingerprint density at radius 1 is 1.50 bits per heavy atom. The molecule has 2 aromatic rings. The summed E-state index contributed by atoms with van der Waals surface area (Å²) in [5, 5.41) is 0.240. The number of nitrogens with zero attached hydrogens (tertiary/aromatic N) is 2. The van der Waals surface area contributed by atoms with Crippen LogP contribution in [-0.2, 0) is 0 Å². The zero-order valence-corrected chi connectivity index (χ0v) is 12.5. The first kappa shape index (κ1) is 12.5. The minimum absolute atomic E-state index is 0.0828. The molecular formula is C9H10BrN3S3. The van der Waals surface area contributed by atoms with Crippen LogP contribution in [-0.4, -0.2) is 15.4 Å². The Kier molecular flexibility index (Phi) is 4.37. The van der Waals surface area contributed by atoms with E-state index in [0.29, 0.717) is 0 Å². The Labute approximate surface area is 115 Å². The minimum Gasteiger partial charge on any atom is -0.327 e. The van der Waals surface area contributed by atoms with Crippen molar-refractivity contribution < 1.29 is 0 Å². The van der Waals surface area contributed by atoms with E-state index >= 15 is 0 Å². The number of thioether (sulfide) groups is 1. The van der Waals surface area contributed by atoms with Crippen molar-refractivity contribution in [3.8, 4) is 0 Å². The van der Waals surface area contributed by atoms with Crippen LogP contribution in [0.1, 0.15) is 17.1 Å². The lowest BCUT2D eigenvalue weighted by molar-refractivity contribution is 0.729. The predicted octanol–water partition coefficient (Wildman–Crippen LogP) is 3.54. The van der Waals surface area contributed by atoms with E-state index in [-0.39, 0.29) is 11.3 Å². The summed E-state index contributed by atoms with van der Waals surface area (Å²) in [5.74, 6) is 0. The van der Waals surface area contributed by atoms with Crippen molar-refractivity contribution in [2.45, 2.75) is 22.6 Å². The summed E-state index contributed by atoms with van der Waals surface area (Å²) in [4.78, 5) is 5.44. The Morgan fingerprint density at radius 3 is 2.81 bits per heavy atom. The van der Waals surface area contributed by atoms with Crippen molar-refractivity contribution in [2.24, 2.45) is 5.73 Å². The molecule has 0 bridgehead atoms. The molecule has 2 aromatic heterocycles. The fraction of sp³-hybridized carbons (Fsp3) is 0.333. The van der Waals surface area contributed by atoms with Crippen molar-refractivity contribution in [2.75, 3.05) is 0 Å². The van der Waals surface area contributed by atoms with Gasteiger partial charge in [-0.15, -0.1) is 11.3 Å². The molecule has 0 aliphatic rings. The lowest BCUT2D eigenvalue weighted by Gasteiger charge is -2.16. The largest absolute Gasteiger partial charge is 0.327 e. The summed E-state index contributed by atoms with van der Waals surface area (Å²) >= 11 is 8.28. The number of aromatic nitrogens is 2. The lowest BCUT2D eigenvalue weighted by atomic mass is 10.2. The first-order valence-electron chi connectivity index (χ1n) is 4.61. The van der Waals surface area contributed by atoms with Crippen molar-refractivity contribution in [3.63, 3.8) is 0 Å². The van der Waals surface area contributed by atoms with Crippen LogP contribution in [0.5, 0.6) is 0 Å². The maximum atomic E-state index is 6.02. The number of hydrogen-bond donors (Lipinski definition) is 1. The van der Waals surface area contributed by atoms with Gasteiger partial charge in [0.2, 0.25) is 0 Å². The molecule has 0 radical (unpaired) electrons. The molecule has 0 fully saturated rings. The first-order valence-corrected chi connectivity index (χ1v) is 7.87. The van der Waals surface area contributed by atoms with Crippen LogP contribution in [0.25, 0.3) is 0 Å². The minimum atomic E-state index is 0.0828. The topological polar surface area (TPSA) is 51.8 Å². The molecule has 86 valence electrons. The molecule has 0 saturated carbocycles. The molecule has 0 aliphatic heterocycles. The highest BCUT2D eigenvalue weighted by atomic mass is 79.9. The van der Waals surface area contributed by atoms with Crippen molar-refractivity contribution in [1.29, 1.82) is 0 Å². The van der Waals surface area contributed by atoms with Crippen LogP contribution in [0.4, 0.5) is 0 Å². The summed E-state index contributed by atoms with van der Waals surface area (Å²) in [6, 6.07) is 4.24. The third-order valence-corrected chi connectivity index (χ3v) is 5.99. The van der Waals surface area contributed by atoms with Crippen molar-refractivity contribution in [1.82, 2.24) is 9.36 Å². The number of rotatable bonds is 4. The second-order valence-electron chi connectivity index (χ2n) is 3.25. The smallest absolute Gasteiger partial charge is 0.170 e. The average Bonchev–Trinajstić information content (AvgIpc) is 2.84. The maximum absolute atomic E-state index is 6.02. The molecule has 2 unspecified atom stereocenters. The molecule has 2 N–H and O–H groups in total. The van der Waals surface area contributed by atoms with E-state index in [0.717, 1.165) is 8.13 Å². The zero-order chi connectivity index (χ0) is 11.5. The van der Waals surface area contributed by atoms with E-state index in [1.54, 1.807) is 29.4 Å². The van der Waals surface area contributed by atoms with Gasteiger partial charge < -0.3 is 5.73 Å². The molecule has 7 heteroatoms. The second-order valence-corrected chi connectivity index (χ2v) is 7.91. The summed E-state index contributed by atoms with van der Waals surface area (Å²) in [6.07, 6.45) is 1.58. The van der Waals surface area contributed by atoms with Crippen molar-refractivity contribution in [3.05, 3.63) is 27.1 Å². The molecule has 2 heterocycles. The van der Waals surface area contributed by atoms with Gasteiger partial charge >= 0.3 is 0 Å². The first-order chi connectivity index (χ1) is 7.66. The summed E-state index contributed by atoms with van der Waals surface area (Å²) in [6.45, 7) is 2.02. The van der Waals surface area contributed by atoms with Crippen LogP contribution in [0.3, 0.4) is 0 Å². The van der Waals surface area contributed by atoms with Gasteiger partial charge in [0.15, 0.2) is 4.34 Å². The molecule has 0 saturated heterocycles. The molecule has 3 nitrogen and oxygen atoms in total. The molecule has 0 aromatic carbocycles. The summed E-state index contributed by atoms with van der Waals surface area (Å²) in [5.41, 5.74) is 6.02. The van der Waals surface area contributed by atoms with E-state index in [2.05, 4.69) is 37.4 Å². The van der Waals surface area contributed by atoms with Crippen LogP contribution < -0.4 is 5.73 Å². The normalized spacial score (nSPS) is 14.9. The molecule has 0 spiro atoms. The third kappa shape index (κ3) is 3.04. The Morgan fingerprint density at radius 2 is 2.31 bits per heavy atom. The van der Waals surface area contributed by atoms with Gasteiger partial charge in [-0.1, -0.05) is 11.8 Å². The van der Waals surface area contributed by atoms with E-state index in [4.69, 9.17) is 5.73 Å². The fourth-order valence-corrected chi connectivity index (χ4v) is 4.66. The predicted molar refractivity (Wildman–Crippen MR) is 74.2 cm³/mol. The number of thiophene rings is 1. The summed E-state index contributed by atoms with van der Waals surface area (Å²) in [7, 11) is 0. The van der Waals surface area contributed by atoms with Crippen LogP contribution >= 0.6 is 50.6 Å². The zero-order valence-electron chi connectivity index (χ0n) is 8.46. The van der Waals surface area contributed by atoms with Crippen LogP contribution in [0.15, 0.2) is 26.6 Å². The average molecular weight is 336 g/mol. The van der Waals surface area contributed by atoms with Gasteiger partial charge in [0, 0.05) is 10.9 Å². The van der Waals surface area contributed by atoms with Gasteiger partial charge in [-0.25, -0.2) is 4.98 Å². The van der Waals surface area contributed by atoms with Gasteiger partial charge in [0.05, 0.1) is 9.04 Å². The lowest BCUT2D eigenvalue weighted by Crippen LogP contribution is -2.21. The molecule has 0 aliphatic carbocycles. The number of hydrogen-bond acceptors (Lipinski definition) is 6. The number of nitrogens with two attached hydrogens (primary N) is 1. The van der Waals surface area contributed by atoms with Crippen LogP contribution in [0.2, 0.25) is 0 Å². The summed E-state index contributed by atoms with van der Waals surface area (Å²) < 4.78 is 6.09. The van der Waals surface area contributed by atoms with Crippen molar-refractivity contribution >= 4 is 50.6 Å².